The summed E-state index contributed by atoms with van der Waals surface area (Å²) >= 11 is 0. The van der Waals surface area contributed by atoms with Gasteiger partial charge in [-0.1, -0.05) is 0 Å². The molecule has 1 aromatic carbocycles. The number of alkyl halides is 3. The Balaban J connectivity index is 1.42. The van der Waals surface area contributed by atoms with E-state index >= 15 is 0 Å². The average Bonchev–Trinajstić information content (AvgIpc) is 3.28. The quantitative estimate of drug-likeness (QED) is 0.541. The first kappa shape index (κ1) is 24.5. The number of sulfonamides is 1. The van der Waals surface area contributed by atoms with Gasteiger partial charge in [-0.25, -0.2) is 18.4 Å². The number of benzene rings is 1. The van der Waals surface area contributed by atoms with Gasteiger partial charge in [0.15, 0.2) is 11.5 Å². The molecule has 5 rings (SSSR count). The molecule has 9 nitrogen and oxygen atoms in total. The smallest absolute Gasteiger partial charge is 0.433 e. The van der Waals surface area contributed by atoms with Crippen molar-refractivity contribution in [1.82, 2.24) is 14.3 Å². The number of hydrogen-bond donors (Lipinski definition) is 1. The molecule has 13 heteroatoms. The first-order valence-corrected chi connectivity index (χ1v) is 13.1. The first-order valence-electron chi connectivity index (χ1n) is 11.3. The van der Waals surface area contributed by atoms with Crippen LogP contribution in [0.4, 0.5) is 30.5 Å². The highest BCUT2D eigenvalue weighted by Gasteiger charge is 2.35. The number of nitrogens with one attached hydrogen (secondary N) is 1. The molecule has 36 heavy (non-hydrogen) atoms. The van der Waals surface area contributed by atoms with Gasteiger partial charge in [0, 0.05) is 49.5 Å². The summed E-state index contributed by atoms with van der Waals surface area (Å²) in [6.45, 7) is 3.15. The van der Waals surface area contributed by atoms with Crippen molar-refractivity contribution >= 4 is 27.3 Å². The Kier molecular flexibility index (Phi) is 6.39. The van der Waals surface area contributed by atoms with E-state index in [0.29, 0.717) is 36.6 Å². The zero-order chi connectivity index (χ0) is 25.5. The second-order valence-electron chi connectivity index (χ2n) is 8.64. The monoisotopic (exact) mass is 523 g/mol. The molecule has 0 radical (unpaired) electrons. The van der Waals surface area contributed by atoms with Gasteiger partial charge >= 0.3 is 6.18 Å². The summed E-state index contributed by atoms with van der Waals surface area (Å²) in [5.74, 6) is 0.422. The van der Waals surface area contributed by atoms with Gasteiger partial charge in [0.05, 0.1) is 19.5 Å². The third-order valence-electron chi connectivity index (χ3n) is 6.07. The van der Waals surface area contributed by atoms with Crippen LogP contribution in [-0.4, -0.2) is 61.8 Å². The minimum atomic E-state index is -4.70. The fourth-order valence-corrected chi connectivity index (χ4v) is 4.99. The Morgan fingerprint density at radius 3 is 2.42 bits per heavy atom. The number of morpholine rings is 1. The van der Waals surface area contributed by atoms with Gasteiger partial charge in [-0.15, -0.1) is 0 Å². The highest BCUT2D eigenvalue weighted by atomic mass is 32.2. The van der Waals surface area contributed by atoms with Gasteiger partial charge in [-0.3, -0.25) is 0 Å². The van der Waals surface area contributed by atoms with Gasteiger partial charge in [-0.2, -0.15) is 17.5 Å². The number of hydrogen-bond acceptors (Lipinski definition) is 8. The Morgan fingerprint density at radius 2 is 1.75 bits per heavy atom. The molecule has 0 spiro atoms. The molecule has 2 aliphatic rings. The normalized spacial score (nSPS) is 17.2. The minimum Gasteiger partial charge on any atom is -0.459 e. The zero-order valence-electron chi connectivity index (χ0n) is 19.4. The fourth-order valence-electron chi connectivity index (χ4n) is 4.20. The molecule has 3 aromatic rings. The predicted octanol–water partition coefficient (Wildman–Crippen LogP) is 3.65. The lowest BCUT2D eigenvalue weighted by atomic mass is 10.1. The maximum absolute atomic E-state index is 13.6. The van der Waals surface area contributed by atoms with Gasteiger partial charge in [0.25, 0.3) is 0 Å². The number of fused-ring (bicyclic) bond motifs is 1. The van der Waals surface area contributed by atoms with Crippen LogP contribution in [0.5, 0.6) is 0 Å². The highest BCUT2D eigenvalue weighted by molar-refractivity contribution is 7.88. The second kappa shape index (κ2) is 9.37. The van der Waals surface area contributed by atoms with Gasteiger partial charge < -0.3 is 19.4 Å². The van der Waals surface area contributed by atoms with Crippen LogP contribution in [0.1, 0.15) is 17.0 Å². The summed E-state index contributed by atoms with van der Waals surface area (Å²) in [6.07, 6.45) is -3.27. The maximum atomic E-state index is 13.6. The molecule has 0 amide bonds. The largest absolute Gasteiger partial charge is 0.459 e. The van der Waals surface area contributed by atoms with Crippen LogP contribution in [0.25, 0.3) is 11.5 Å². The van der Waals surface area contributed by atoms with Crippen molar-refractivity contribution < 1.29 is 30.7 Å². The van der Waals surface area contributed by atoms with Crippen molar-refractivity contribution in [1.29, 1.82) is 0 Å². The fraction of sp³-hybridized carbons (Fsp3) is 0.391. The Bertz CT molecular complexity index is 1350. The van der Waals surface area contributed by atoms with Crippen LogP contribution < -0.4 is 10.2 Å². The summed E-state index contributed by atoms with van der Waals surface area (Å²) in [6, 6.07) is 9.60. The summed E-state index contributed by atoms with van der Waals surface area (Å²) in [4.78, 5) is 10.1. The summed E-state index contributed by atoms with van der Waals surface area (Å²) < 4.78 is 77.1. The molecule has 0 unspecified atom stereocenters. The van der Waals surface area contributed by atoms with E-state index in [2.05, 4.69) is 20.2 Å². The minimum absolute atomic E-state index is 0.0509. The van der Waals surface area contributed by atoms with Crippen molar-refractivity contribution in [3.05, 3.63) is 53.4 Å². The van der Waals surface area contributed by atoms with E-state index in [1.807, 2.05) is 12.1 Å². The molecule has 192 valence electrons. The number of anilines is 3. The van der Waals surface area contributed by atoms with Gasteiger partial charge in [-0.05, 0) is 36.4 Å². The second-order valence-corrected chi connectivity index (χ2v) is 10.6. The molecule has 4 heterocycles. The molecule has 0 bridgehead atoms. The van der Waals surface area contributed by atoms with Crippen LogP contribution in [0.2, 0.25) is 0 Å². The van der Waals surface area contributed by atoms with Crippen molar-refractivity contribution in [2.75, 3.05) is 49.3 Å². The predicted molar refractivity (Wildman–Crippen MR) is 126 cm³/mol. The molecule has 0 aliphatic carbocycles. The lowest BCUT2D eigenvalue weighted by Crippen LogP contribution is -2.36. The summed E-state index contributed by atoms with van der Waals surface area (Å²) in [5, 5.41) is 2.85. The van der Waals surface area contributed by atoms with Crippen molar-refractivity contribution in [2.24, 2.45) is 0 Å². The average molecular weight is 524 g/mol. The molecule has 0 saturated carbocycles. The van der Waals surface area contributed by atoms with Crippen molar-refractivity contribution in [3.63, 3.8) is 0 Å². The van der Waals surface area contributed by atoms with Crippen LogP contribution >= 0.6 is 0 Å². The van der Waals surface area contributed by atoms with Crippen molar-refractivity contribution in [3.8, 4) is 11.5 Å². The van der Waals surface area contributed by atoms with E-state index in [4.69, 9.17) is 9.15 Å². The van der Waals surface area contributed by atoms with Crippen LogP contribution in [0.15, 0.2) is 40.8 Å². The zero-order valence-corrected chi connectivity index (χ0v) is 20.2. The lowest BCUT2D eigenvalue weighted by Gasteiger charge is -2.28. The number of aromatic nitrogens is 2. The molecule has 0 atom stereocenters. The SMILES string of the molecule is CS(=O)(=O)N1CCc2oc(-c3cc(C(F)(F)F)nc(Nc4ccc(N5CCOCC5)cc4)n3)cc2C1. The van der Waals surface area contributed by atoms with Gasteiger partial charge in [0.2, 0.25) is 16.0 Å². The summed E-state index contributed by atoms with van der Waals surface area (Å²) in [7, 11) is -3.40. The van der Waals surface area contributed by atoms with E-state index in [1.54, 1.807) is 12.1 Å². The Hall–Kier alpha value is -3.16. The third-order valence-corrected chi connectivity index (χ3v) is 7.32. The van der Waals surface area contributed by atoms with E-state index < -0.39 is 21.9 Å². The van der Waals surface area contributed by atoms with E-state index in [9.17, 15) is 21.6 Å². The van der Waals surface area contributed by atoms with Crippen LogP contribution in [-0.2, 0) is 33.9 Å². The van der Waals surface area contributed by atoms with E-state index in [1.165, 1.54) is 10.4 Å². The van der Waals surface area contributed by atoms with Gasteiger partial charge in [0.1, 0.15) is 11.5 Å². The molecular formula is C23H24F3N5O4S. The molecule has 2 aliphatic heterocycles. The number of halogens is 3. The standard InChI is InChI=1S/C23H24F3N5O4S/c1-36(32,33)31-7-6-19-15(14-31)12-20(35-19)18-13-21(23(24,25)26)29-22(28-18)27-16-2-4-17(5-3-16)30-8-10-34-11-9-30/h2-5,12-13H,6-11,14H2,1H3,(H,27,28,29). The van der Waals surface area contributed by atoms with Crippen LogP contribution in [0, 0.1) is 0 Å². The third kappa shape index (κ3) is 5.32. The number of nitrogens with zero attached hydrogens (tertiary/aromatic N) is 4. The topological polar surface area (TPSA) is 101 Å². The molecule has 1 fully saturated rings. The first-order chi connectivity index (χ1) is 17.1. The number of furan rings is 1. The molecular weight excluding hydrogens is 499 g/mol. The van der Waals surface area contributed by atoms with Crippen molar-refractivity contribution in [2.45, 2.75) is 19.1 Å². The maximum Gasteiger partial charge on any atom is 0.433 e. The number of ether oxygens (including phenoxy) is 1. The number of rotatable bonds is 5. The summed E-state index contributed by atoms with van der Waals surface area (Å²) in [5.41, 5.74) is 0.942. The lowest BCUT2D eigenvalue weighted by molar-refractivity contribution is -0.141. The van der Waals surface area contributed by atoms with E-state index in [0.717, 1.165) is 31.1 Å². The van der Waals surface area contributed by atoms with E-state index in [-0.39, 0.29) is 30.5 Å². The molecule has 1 saturated heterocycles. The molecule has 1 N–H and O–H groups in total. The Morgan fingerprint density at radius 1 is 1.03 bits per heavy atom. The van der Waals surface area contributed by atoms with Crippen LogP contribution in [0.3, 0.4) is 0 Å². The molecule has 2 aromatic heterocycles. The highest BCUT2D eigenvalue weighted by Crippen LogP contribution is 2.34. The Labute approximate surface area is 205 Å².